The van der Waals surface area contributed by atoms with Gasteiger partial charge in [-0.2, -0.15) is 0 Å². The molecule has 0 aromatic carbocycles. The molecule has 0 bridgehead atoms. The Morgan fingerprint density at radius 3 is 1.52 bits per heavy atom. The lowest BCUT2D eigenvalue weighted by molar-refractivity contribution is -0.170. The van der Waals surface area contributed by atoms with Crippen LogP contribution in [0.3, 0.4) is 0 Å². The summed E-state index contributed by atoms with van der Waals surface area (Å²) < 4.78 is 16.5. The van der Waals surface area contributed by atoms with E-state index in [1.165, 1.54) is 0 Å². The second-order valence-electron chi connectivity index (χ2n) is 9.54. The second-order valence-corrected chi connectivity index (χ2v) is 9.54. The zero-order chi connectivity index (χ0) is 20.7. The first-order valence-corrected chi connectivity index (χ1v) is 9.31. The Morgan fingerprint density at radius 1 is 0.889 bits per heavy atom. The Bertz CT molecular complexity index is 561. The predicted octanol–water partition coefficient (Wildman–Crippen LogP) is 1.74. The maximum atomic E-state index is 12.1. The molecule has 0 aromatic rings. The van der Waals surface area contributed by atoms with Gasteiger partial charge in [0, 0.05) is 0 Å². The van der Waals surface area contributed by atoms with Gasteiger partial charge < -0.3 is 24.4 Å². The summed E-state index contributed by atoms with van der Waals surface area (Å²) in [4.78, 5) is 24.1. The van der Waals surface area contributed by atoms with Crippen molar-refractivity contribution >= 4 is 11.9 Å². The zero-order valence-corrected chi connectivity index (χ0v) is 17.1. The number of fused-ring (bicyclic) bond motifs is 1. The van der Waals surface area contributed by atoms with E-state index in [1.807, 2.05) is 0 Å². The van der Waals surface area contributed by atoms with E-state index >= 15 is 0 Å². The Morgan fingerprint density at radius 2 is 1.22 bits per heavy atom. The van der Waals surface area contributed by atoms with Gasteiger partial charge in [0.2, 0.25) is 0 Å². The van der Waals surface area contributed by atoms with E-state index in [2.05, 4.69) is 0 Å². The lowest BCUT2D eigenvalue weighted by atomic mass is 9.71. The molecule has 1 heterocycles. The van der Waals surface area contributed by atoms with Crippen LogP contribution in [0.15, 0.2) is 12.2 Å². The molecule has 0 saturated carbocycles. The minimum atomic E-state index is -1.63. The van der Waals surface area contributed by atoms with E-state index < -0.39 is 46.2 Å². The molecule has 0 spiro atoms. The van der Waals surface area contributed by atoms with Gasteiger partial charge in [-0.1, -0.05) is 12.2 Å². The van der Waals surface area contributed by atoms with E-state index in [1.54, 1.807) is 53.7 Å². The van der Waals surface area contributed by atoms with Crippen molar-refractivity contribution in [3.05, 3.63) is 12.2 Å². The molecule has 0 amide bonds. The first-order valence-electron chi connectivity index (χ1n) is 9.31. The molecule has 1 saturated heterocycles. The van der Waals surface area contributed by atoms with Gasteiger partial charge >= 0.3 is 11.9 Å². The molecule has 0 unspecified atom stereocenters. The molecular weight excluding hydrogens is 352 g/mol. The molecule has 7 heteroatoms. The van der Waals surface area contributed by atoms with Crippen molar-refractivity contribution in [3.8, 4) is 0 Å². The second kappa shape index (κ2) is 7.18. The molecule has 2 rings (SSSR count). The van der Waals surface area contributed by atoms with E-state index in [-0.39, 0.29) is 26.1 Å². The zero-order valence-electron chi connectivity index (χ0n) is 17.1. The molecule has 1 fully saturated rings. The van der Waals surface area contributed by atoms with Crippen LogP contribution in [-0.4, -0.2) is 58.8 Å². The summed E-state index contributed by atoms with van der Waals surface area (Å²) in [6.07, 6.45) is 2.00. The van der Waals surface area contributed by atoms with Crippen molar-refractivity contribution in [2.45, 2.75) is 77.8 Å². The topological polar surface area (TPSA) is 102 Å². The summed E-state index contributed by atoms with van der Waals surface area (Å²) in [6.45, 7) is 10.0. The monoisotopic (exact) mass is 384 g/mol. The lowest BCUT2D eigenvalue weighted by Gasteiger charge is -2.42. The third kappa shape index (κ3) is 4.20. The van der Waals surface area contributed by atoms with E-state index in [4.69, 9.17) is 14.2 Å². The van der Waals surface area contributed by atoms with Crippen molar-refractivity contribution in [2.75, 3.05) is 13.2 Å². The predicted molar refractivity (Wildman–Crippen MR) is 97.8 cm³/mol. The van der Waals surface area contributed by atoms with Gasteiger partial charge in [0.15, 0.2) is 0 Å². The number of hydrogen-bond donors (Lipinski definition) is 2. The van der Waals surface area contributed by atoms with Crippen molar-refractivity contribution in [1.82, 2.24) is 0 Å². The SMILES string of the molecule is CC(C)(C)C(=O)OC[C@@H]1O[C@H](COC(=O)C(C)(C)C)[C@@]2(O)CC=CC[C@@]12O. The van der Waals surface area contributed by atoms with Crippen LogP contribution in [0.25, 0.3) is 0 Å². The summed E-state index contributed by atoms with van der Waals surface area (Å²) in [7, 11) is 0. The lowest BCUT2D eigenvalue weighted by Crippen LogP contribution is -2.61. The highest BCUT2D eigenvalue weighted by Gasteiger charge is 2.66. The maximum absolute atomic E-state index is 12.1. The minimum absolute atomic E-state index is 0.158. The molecule has 1 aliphatic heterocycles. The Labute approximate surface area is 160 Å². The van der Waals surface area contributed by atoms with Crippen molar-refractivity contribution in [1.29, 1.82) is 0 Å². The van der Waals surface area contributed by atoms with E-state index in [9.17, 15) is 19.8 Å². The number of esters is 2. The fraction of sp³-hybridized carbons (Fsp3) is 0.800. The van der Waals surface area contributed by atoms with Gasteiger partial charge in [0.05, 0.1) is 10.8 Å². The van der Waals surface area contributed by atoms with Crippen molar-refractivity contribution in [3.63, 3.8) is 0 Å². The van der Waals surface area contributed by atoms with Gasteiger partial charge in [-0.3, -0.25) is 9.59 Å². The highest BCUT2D eigenvalue weighted by Crippen LogP contribution is 2.47. The van der Waals surface area contributed by atoms with Crippen LogP contribution in [0.4, 0.5) is 0 Å². The first-order chi connectivity index (χ1) is 12.2. The molecule has 7 nitrogen and oxygen atoms in total. The average molecular weight is 384 g/mol. The third-order valence-electron chi connectivity index (χ3n) is 5.12. The largest absolute Gasteiger partial charge is 0.462 e. The quantitative estimate of drug-likeness (QED) is 0.562. The highest BCUT2D eigenvalue weighted by atomic mass is 16.6. The van der Waals surface area contributed by atoms with Crippen LogP contribution in [0.2, 0.25) is 0 Å². The minimum Gasteiger partial charge on any atom is -0.462 e. The molecule has 0 aromatic heterocycles. The molecule has 2 N–H and O–H groups in total. The molecule has 154 valence electrons. The average Bonchev–Trinajstić information content (AvgIpc) is 2.76. The Kier molecular flexibility index (Phi) is 5.82. The van der Waals surface area contributed by atoms with Gasteiger partial charge in [-0.15, -0.1) is 0 Å². The fourth-order valence-electron chi connectivity index (χ4n) is 3.21. The molecule has 2 aliphatic rings. The highest BCUT2D eigenvalue weighted by molar-refractivity contribution is 5.75. The van der Waals surface area contributed by atoms with Gasteiger partial charge in [0.25, 0.3) is 0 Å². The summed E-state index contributed by atoms with van der Waals surface area (Å²) in [6, 6.07) is 0. The molecule has 1 aliphatic carbocycles. The number of aliphatic hydroxyl groups is 2. The van der Waals surface area contributed by atoms with E-state index in [0.29, 0.717) is 0 Å². The van der Waals surface area contributed by atoms with Crippen LogP contribution in [0, 0.1) is 10.8 Å². The number of carbonyl (C=O) groups is 2. The Hall–Kier alpha value is -1.44. The molecule has 27 heavy (non-hydrogen) atoms. The summed E-state index contributed by atoms with van der Waals surface area (Å²) >= 11 is 0. The molecular formula is C20H32O7. The first kappa shape index (κ1) is 21.9. The summed E-state index contributed by atoms with van der Waals surface area (Å²) in [5.41, 5.74) is -4.63. The Balaban J connectivity index is 2.14. The molecule has 4 atom stereocenters. The van der Waals surface area contributed by atoms with Gasteiger partial charge in [-0.25, -0.2) is 0 Å². The number of hydrogen-bond acceptors (Lipinski definition) is 7. The molecule has 0 radical (unpaired) electrons. The van der Waals surface area contributed by atoms with Gasteiger partial charge in [0.1, 0.15) is 36.6 Å². The van der Waals surface area contributed by atoms with Crippen molar-refractivity contribution < 1.29 is 34.0 Å². The summed E-state index contributed by atoms with van der Waals surface area (Å²) in [5, 5.41) is 22.4. The number of ether oxygens (including phenoxy) is 3. The smallest absolute Gasteiger partial charge is 0.311 e. The van der Waals surface area contributed by atoms with Crippen LogP contribution in [0.1, 0.15) is 54.4 Å². The third-order valence-corrected chi connectivity index (χ3v) is 5.12. The number of rotatable bonds is 4. The fourth-order valence-corrected chi connectivity index (χ4v) is 3.21. The van der Waals surface area contributed by atoms with Crippen molar-refractivity contribution in [2.24, 2.45) is 10.8 Å². The van der Waals surface area contributed by atoms with Crippen LogP contribution < -0.4 is 0 Å². The normalized spacial score (nSPS) is 33.5. The van der Waals surface area contributed by atoms with E-state index in [0.717, 1.165) is 0 Å². The van der Waals surface area contributed by atoms with Crippen LogP contribution in [0.5, 0.6) is 0 Å². The van der Waals surface area contributed by atoms with Crippen LogP contribution in [-0.2, 0) is 23.8 Å². The standard InChI is InChI=1S/C20H32O7/c1-17(2,3)15(21)25-11-13-19(23)9-7-8-10-20(19,24)14(27-13)12-26-16(22)18(4,5)6/h7-8,13-14,23-24H,9-12H2,1-6H3/t13-,14+,19+,20-. The maximum Gasteiger partial charge on any atom is 0.311 e. The number of carbonyl (C=O) groups excluding carboxylic acids is 2. The van der Waals surface area contributed by atoms with Crippen LogP contribution >= 0.6 is 0 Å². The van der Waals surface area contributed by atoms with Gasteiger partial charge in [-0.05, 0) is 54.4 Å². The summed E-state index contributed by atoms with van der Waals surface area (Å²) in [5.74, 6) is -0.848.